The number of aliphatic carboxylic acids is 1. The SMILES string of the molecule is N=C(N)c1ccc(C(=O)CCC(=O)c2ccc(OCC(=O)O)cc2)cc1. The first-order valence-corrected chi connectivity index (χ1v) is 7.82. The van der Waals surface area contributed by atoms with Crippen molar-refractivity contribution in [2.24, 2.45) is 5.73 Å². The molecule has 0 aromatic heterocycles. The maximum absolute atomic E-state index is 12.2. The van der Waals surface area contributed by atoms with Crippen molar-refractivity contribution in [2.45, 2.75) is 12.8 Å². The highest BCUT2D eigenvalue weighted by Crippen LogP contribution is 2.15. The molecular formula is C19H18N2O5. The van der Waals surface area contributed by atoms with Gasteiger partial charge in [0.15, 0.2) is 18.2 Å². The van der Waals surface area contributed by atoms with Gasteiger partial charge in [0.2, 0.25) is 0 Å². The first-order valence-electron chi connectivity index (χ1n) is 7.82. The topological polar surface area (TPSA) is 131 Å². The van der Waals surface area contributed by atoms with Gasteiger partial charge in [-0.05, 0) is 24.3 Å². The number of nitrogen functional groups attached to an aromatic ring is 1. The molecule has 0 spiro atoms. The van der Waals surface area contributed by atoms with E-state index in [0.717, 1.165) is 0 Å². The van der Waals surface area contributed by atoms with Gasteiger partial charge in [-0.3, -0.25) is 15.0 Å². The van der Waals surface area contributed by atoms with Crippen LogP contribution in [0.4, 0.5) is 0 Å². The molecule has 0 unspecified atom stereocenters. The smallest absolute Gasteiger partial charge is 0.341 e. The number of amidine groups is 1. The second-order valence-electron chi connectivity index (χ2n) is 5.54. The highest BCUT2D eigenvalue weighted by atomic mass is 16.5. The van der Waals surface area contributed by atoms with Gasteiger partial charge in [0, 0.05) is 29.5 Å². The zero-order valence-electron chi connectivity index (χ0n) is 13.9. The number of rotatable bonds is 9. The molecule has 2 aromatic carbocycles. The number of hydrogen-bond acceptors (Lipinski definition) is 5. The highest BCUT2D eigenvalue weighted by molar-refractivity contribution is 6.03. The van der Waals surface area contributed by atoms with Crippen molar-refractivity contribution < 1.29 is 24.2 Å². The predicted molar refractivity (Wildman–Crippen MR) is 94.9 cm³/mol. The molecule has 0 radical (unpaired) electrons. The van der Waals surface area contributed by atoms with Gasteiger partial charge in [0.1, 0.15) is 11.6 Å². The maximum atomic E-state index is 12.2. The Morgan fingerprint density at radius 1 is 0.846 bits per heavy atom. The summed E-state index contributed by atoms with van der Waals surface area (Å²) in [6.45, 7) is -0.454. The van der Waals surface area contributed by atoms with Crippen LogP contribution >= 0.6 is 0 Å². The molecule has 134 valence electrons. The minimum absolute atomic E-state index is 0.0582. The van der Waals surface area contributed by atoms with Gasteiger partial charge in [0.25, 0.3) is 0 Å². The highest BCUT2D eigenvalue weighted by Gasteiger charge is 2.12. The van der Waals surface area contributed by atoms with Gasteiger partial charge in [-0.15, -0.1) is 0 Å². The van der Waals surface area contributed by atoms with Gasteiger partial charge in [-0.2, -0.15) is 0 Å². The molecule has 2 aromatic rings. The minimum atomic E-state index is -1.08. The standard InChI is InChI=1S/C19H18N2O5/c20-19(21)14-3-1-12(2-4-14)16(22)9-10-17(23)13-5-7-15(8-6-13)26-11-18(24)25/h1-8H,9-11H2,(H3,20,21)(H,24,25). The van der Waals surface area contributed by atoms with Gasteiger partial charge in [-0.25, -0.2) is 4.79 Å². The Balaban J connectivity index is 1.90. The van der Waals surface area contributed by atoms with Crippen LogP contribution in [0.1, 0.15) is 39.1 Å². The first-order chi connectivity index (χ1) is 12.4. The molecular weight excluding hydrogens is 336 g/mol. The van der Waals surface area contributed by atoms with E-state index in [-0.39, 0.29) is 30.2 Å². The van der Waals surface area contributed by atoms with Crippen LogP contribution in [0, 0.1) is 5.41 Å². The van der Waals surface area contributed by atoms with Crippen molar-refractivity contribution >= 4 is 23.4 Å². The number of Topliss-reactive ketones (excluding diaryl/α,β-unsaturated/α-hetero) is 2. The molecule has 0 fully saturated rings. The van der Waals surface area contributed by atoms with E-state index in [9.17, 15) is 14.4 Å². The van der Waals surface area contributed by atoms with Crippen LogP contribution in [0.5, 0.6) is 5.75 Å². The summed E-state index contributed by atoms with van der Waals surface area (Å²) in [4.78, 5) is 34.8. The fraction of sp³-hybridized carbons (Fsp3) is 0.158. The lowest BCUT2D eigenvalue weighted by Gasteiger charge is -2.05. The monoisotopic (exact) mass is 354 g/mol. The Morgan fingerprint density at radius 3 is 1.69 bits per heavy atom. The van der Waals surface area contributed by atoms with Crippen molar-refractivity contribution in [3.05, 3.63) is 65.2 Å². The summed E-state index contributed by atoms with van der Waals surface area (Å²) in [5.41, 5.74) is 6.78. The number of benzene rings is 2. The number of nitrogens with one attached hydrogen (secondary N) is 1. The summed E-state index contributed by atoms with van der Waals surface area (Å²) < 4.78 is 5.00. The number of ketones is 2. The molecule has 7 nitrogen and oxygen atoms in total. The molecule has 0 atom stereocenters. The summed E-state index contributed by atoms with van der Waals surface area (Å²) in [6.07, 6.45) is 0.123. The van der Waals surface area contributed by atoms with Crippen LogP contribution in [0.2, 0.25) is 0 Å². The van der Waals surface area contributed by atoms with Crippen LogP contribution in [-0.2, 0) is 4.79 Å². The van der Waals surface area contributed by atoms with E-state index in [1.165, 1.54) is 24.3 Å². The molecule has 0 saturated carbocycles. The third kappa shape index (κ3) is 5.27. The number of carbonyl (C=O) groups is 3. The van der Waals surface area contributed by atoms with Crippen LogP contribution in [0.15, 0.2) is 48.5 Å². The summed E-state index contributed by atoms with van der Waals surface area (Å²) in [5, 5.41) is 15.9. The number of nitrogens with two attached hydrogens (primary N) is 1. The van der Waals surface area contributed by atoms with Crippen molar-refractivity contribution in [3.63, 3.8) is 0 Å². The molecule has 4 N–H and O–H groups in total. The quantitative estimate of drug-likeness (QED) is 0.360. The molecule has 0 amide bonds. The first kappa shape index (κ1) is 18.9. The Morgan fingerprint density at radius 2 is 1.27 bits per heavy atom. The number of hydrogen-bond donors (Lipinski definition) is 3. The summed E-state index contributed by atoms with van der Waals surface area (Å²) in [6, 6.07) is 12.4. The average Bonchev–Trinajstić information content (AvgIpc) is 2.64. The van der Waals surface area contributed by atoms with Crippen LogP contribution in [0.3, 0.4) is 0 Å². The van der Waals surface area contributed by atoms with Gasteiger partial charge >= 0.3 is 5.97 Å². The van der Waals surface area contributed by atoms with E-state index in [2.05, 4.69) is 0 Å². The van der Waals surface area contributed by atoms with E-state index in [1.807, 2.05) is 0 Å². The second kappa shape index (κ2) is 8.57. The second-order valence-corrected chi connectivity index (χ2v) is 5.54. The number of ether oxygens (including phenoxy) is 1. The van der Waals surface area contributed by atoms with Gasteiger partial charge < -0.3 is 15.6 Å². The van der Waals surface area contributed by atoms with Crippen molar-refractivity contribution in [1.82, 2.24) is 0 Å². The van der Waals surface area contributed by atoms with E-state index in [4.69, 9.17) is 21.0 Å². The van der Waals surface area contributed by atoms with E-state index >= 15 is 0 Å². The lowest BCUT2D eigenvalue weighted by atomic mass is 10.0. The largest absolute Gasteiger partial charge is 0.482 e. The number of carboxylic acids is 1. The fourth-order valence-corrected chi connectivity index (χ4v) is 2.23. The lowest BCUT2D eigenvalue weighted by Crippen LogP contribution is -2.11. The van der Waals surface area contributed by atoms with Gasteiger partial charge in [0.05, 0.1) is 0 Å². The molecule has 0 bridgehead atoms. The van der Waals surface area contributed by atoms with Crippen molar-refractivity contribution in [2.75, 3.05) is 6.61 Å². The molecule has 0 saturated heterocycles. The maximum Gasteiger partial charge on any atom is 0.341 e. The Kier molecular flexibility index (Phi) is 6.21. The molecule has 26 heavy (non-hydrogen) atoms. The normalized spacial score (nSPS) is 10.2. The van der Waals surface area contributed by atoms with E-state index < -0.39 is 12.6 Å². The number of carbonyl (C=O) groups excluding carboxylic acids is 2. The van der Waals surface area contributed by atoms with Crippen LogP contribution < -0.4 is 10.5 Å². The summed E-state index contributed by atoms with van der Waals surface area (Å²) in [7, 11) is 0. The Hall–Kier alpha value is -3.48. The summed E-state index contributed by atoms with van der Waals surface area (Å²) in [5.74, 6) is -1.17. The van der Waals surface area contributed by atoms with E-state index in [1.54, 1.807) is 24.3 Å². The minimum Gasteiger partial charge on any atom is -0.482 e. The third-order valence-corrected chi connectivity index (χ3v) is 3.64. The molecule has 7 heteroatoms. The van der Waals surface area contributed by atoms with Gasteiger partial charge in [-0.1, -0.05) is 24.3 Å². The van der Waals surface area contributed by atoms with Crippen molar-refractivity contribution in [3.8, 4) is 5.75 Å². The predicted octanol–water partition coefficient (Wildman–Crippen LogP) is 2.28. The Bertz CT molecular complexity index is 826. The molecule has 0 aliphatic carbocycles. The average molecular weight is 354 g/mol. The number of carboxylic acid groups (broad SMARTS) is 1. The van der Waals surface area contributed by atoms with Crippen LogP contribution in [0.25, 0.3) is 0 Å². The zero-order valence-corrected chi connectivity index (χ0v) is 13.9. The zero-order chi connectivity index (χ0) is 19.1. The lowest BCUT2D eigenvalue weighted by molar-refractivity contribution is -0.139. The van der Waals surface area contributed by atoms with E-state index in [0.29, 0.717) is 22.4 Å². The Labute approximate surface area is 149 Å². The molecule has 0 heterocycles. The van der Waals surface area contributed by atoms with Crippen LogP contribution in [-0.4, -0.2) is 35.1 Å². The third-order valence-electron chi connectivity index (χ3n) is 3.64. The van der Waals surface area contributed by atoms with Crippen molar-refractivity contribution in [1.29, 1.82) is 5.41 Å². The molecule has 0 aliphatic heterocycles. The molecule has 2 rings (SSSR count). The fourth-order valence-electron chi connectivity index (χ4n) is 2.23. The summed E-state index contributed by atoms with van der Waals surface area (Å²) >= 11 is 0. The molecule has 0 aliphatic rings.